The second-order valence-electron chi connectivity index (χ2n) is 5.14. The van der Waals surface area contributed by atoms with Gasteiger partial charge in [0.05, 0.1) is 18.4 Å². The van der Waals surface area contributed by atoms with Crippen molar-refractivity contribution >= 4 is 18.0 Å². The molecule has 0 bridgehead atoms. The lowest BCUT2D eigenvalue weighted by Gasteiger charge is -2.36. The quantitative estimate of drug-likeness (QED) is 0.730. The number of urea groups is 1. The second kappa shape index (κ2) is 7.12. The first-order valence-corrected chi connectivity index (χ1v) is 6.81. The Morgan fingerprint density at radius 1 is 1.30 bits per heavy atom. The first-order valence-electron chi connectivity index (χ1n) is 6.81. The van der Waals surface area contributed by atoms with Crippen molar-refractivity contribution in [1.82, 2.24) is 10.2 Å². The highest BCUT2D eigenvalue weighted by Crippen LogP contribution is 2.30. The van der Waals surface area contributed by atoms with Crippen LogP contribution in [0.3, 0.4) is 0 Å². The molecule has 0 spiro atoms. The predicted octanol–water partition coefficient (Wildman–Crippen LogP) is 0.836. The van der Waals surface area contributed by atoms with Crippen molar-refractivity contribution in [3.05, 3.63) is 0 Å². The van der Waals surface area contributed by atoms with Crippen LogP contribution in [0.15, 0.2) is 0 Å². The molecule has 0 saturated carbocycles. The molecule has 1 saturated heterocycles. The lowest BCUT2D eigenvalue weighted by atomic mass is 9.80. The van der Waals surface area contributed by atoms with Crippen molar-refractivity contribution < 1.29 is 24.2 Å². The van der Waals surface area contributed by atoms with Crippen molar-refractivity contribution in [2.24, 2.45) is 5.41 Å². The van der Waals surface area contributed by atoms with Crippen LogP contribution in [0.25, 0.3) is 0 Å². The van der Waals surface area contributed by atoms with Gasteiger partial charge in [0.1, 0.15) is 0 Å². The molecule has 7 heteroatoms. The van der Waals surface area contributed by atoms with E-state index >= 15 is 0 Å². The molecular weight excluding hydrogens is 264 g/mol. The molecule has 0 aliphatic carbocycles. The minimum atomic E-state index is -0.820. The molecule has 1 heterocycles. The van der Waals surface area contributed by atoms with Crippen LogP contribution < -0.4 is 5.32 Å². The minimum Gasteiger partial charge on any atom is -0.481 e. The van der Waals surface area contributed by atoms with Crippen molar-refractivity contribution in [2.45, 2.75) is 33.1 Å². The third-order valence-corrected chi connectivity index (χ3v) is 3.58. The molecule has 2 amide bonds. The molecule has 1 aliphatic heterocycles. The molecule has 0 aromatic carbocycles. The van der Waals surface area contributed by atoms with Crippen molar-refractivity contribution in [3.63, 3.8) is 0 Å². The molecule has 20 heavy (non-hydrogen) atoms. The average molecular weight is 286 g/mol. The van der Waals surface area contributed by atoms with E-state index in [4.69, 9.17) is 9.84 Å². The van der Waals surface area contributed by atoms with Gasteiger partial charge in [0.15, 0.2) is 0 Å². The fraction of sp³-hybridized carbons (Fsp3) is 0.769. The Morgan fingerprint density at radius 3 is 2.40 bits per heavy atom. The van der Waals surface area contributed by atoms with Gasteiger partial charge in [-0.05, 0) is 26.7 Å². The molecule has 114 valence electrons. The first-order chi connectivity index (χ1) is 9.39. The molecule has 1 aliphatic rings. The molecule has 0 unspecified atom stereocenters. The van der Waals surface area contributed by atoms with E-state index in [1.165, 1.54) is 0 Å². The highest BCUT2D eigenvalue weighted by molar-refractivity contribution is 5.77. The summed E-state index contributed by atoms with van der Waals surface area (Å²) in [6, 6.07) is -0.262. The highest BCUT2D eigenvalue weighted by Gasteiger charge is 2.37. The van der Waals surface area contributed by atoms with Crippen LogP contribution in [0.5, 0.6) is 0 Å². The molecule has 0 atom stereocenters. The maximum atomic E-state index is 11.8. The normalized spacial score (nSPS) is 17.4. The van der Waals surface area contributed by atoms with Gasteiger partial charge in [-0.1, -0.05) is 0 Å². The van der Waals surface area contributed by atoms with Crippen molar-refractivity contribution in [1.29, 1.82) is 0 Å². The number of esters is 1. The van der Waals surface area contributed by atoms with Crippen LogP contribution in [-0.2, 0) is 14.3 Å². The topological polar surface area (TPSA) is 95.9 Å². The number of aliphatic carboxylic acids is 1. The van der Waals surface area contributed by atoms with Crippen molar-refractivity contribution in [2.75, 3.05) is 26.2 Å². The van der Waals surface area contributed by atoms with Gasteiger partial charge >= 0.3 is 18.0 Å². The van der Waals surface area contributed by atoms with E-state index in [9.17, 15) is 14.4 Å². The van der Waals surface area contributed by atoms with Crippen LogP contribution in [-0.4, -0.2) is 54.2 Å². The highest BCUT2D eigenvalue weighted by atomic mass is 16.5. The number of likely N-dealkylation sites (tertiary alicyclic amines) is 1. The zero-order chi connectivity index (χ0) is 15.2. The Balaban J connectivity index is 2.29. The van der Waals surface area contributed by atoms with E-state index in [0.29, 0.717) is 32.5 Å². The number of hydrogen-bond acceptors (Lipinski definition) is 4. The summed E-state index contributed by atoms with van der Waals surface area (Å²) in [6.07, 6.45) is 1.02. The summed E-state index contributed by atoms with van der Waals surface area (Å²) in [7, 11) is 0. The number of nitrogens with one attached hydrogen (secondary N) is 1. The number of rotatable bonds is 5. The van der Waals surface area contributed by atoms with Crippen LogP contribution in [0.1, 0.15) is 33.1 Å². The summed E-state index contributed by atoms with van der Waals surface area (Å²) < 4.78 is 4.75. The lowest BCUT2D eigenvalue weighted by Crippen LogP contribution is -2.49. The van der Waals surface area contributed by atoms with Crippen LogP contribution in [0.4, 0.5) is 4.79 Å². The number of carbonyl (C=O) groups is 3. The smallest absolute Gasteiger partial charge is 0.317 e. The minimum absolute atomic E-state index is 0.139. The van der Waals surface area contributed by atoms with E-state index in [1.54, 1.807) is 18.7 Å². The molecule has 0 radical (unpaired) electrons. The molecule has 0 aromatic heterocycles. The number of ether oxygens (including phenoxy) is 1. The number of piperidine rings is 1. The molecule has 7 nitrogen and oxygen atoms in total. The third kappa shape index (κ3) is 4.40. The van der Waals surface area contributed by atoms with Gasteiger partial charge < -0.3 is 20.1 Å². The van der Waals surface area contributed by atoms with Crippen LogP contribution >= 0.6 is 0 Å². The molecule has 2 N–H and O–H groups in total. The van der Waals surface area contributed by atoms with Crippen molar-refractivity contribution in [3.8, 4) is 0 Å². The van der Waals surface area contributed by atoms with Gasteiger partial charge in [0, 0.05) is 19.6 Å². The van der Waals surface area contributed by atoms with Gasteiger partial charge in [0.2, 0.25) is 0 Å². The maximum absolute atomic E-state index is 11.8. The van der Waals surface area contributed by atoms with Gasteiger partial charge in [-0.25, -0.2) is 4.79 Å². The Labute approximate surface area is 118 Å². The Bertz CT molecular complexity index is 375. The predicted molar refractivity (Wildman–Crippen MR) is 71.2 cm³/mol. The largest absolute Gasteiger partial charge is 0.481 e. The Hall–Kier alpha value is -1.79. The van der Waals surface area contributed by atoms with Gasteiger partial charge in [0.25, 0.3) is 0 Å². The number of carboxylic acids is 1. The van der Waals surface area contributed by atoms with E-state index in [-0.39, 0.29) is 25.0 Å². The molecule has 1 fully saturated rings. The average Bonchev–Trinajstić information content (AvgIpc) is 2.39. The molecule has 1 rings (SSSR count). The van der Waals surface area contributed by atoms with Gasteiger partial charge in [-0.15, -0.1) is 0 Å². The van der Waals surface area contributed by atoms with Gasteiger partial charge in [-0.2, -0.15) is 0 Å². The monoisotopic (exact) mass is 286 g/mol. The fourth-order valence-electron chi connectivity index (χ4n) is 2.03. The van der Waals surface area contributed by atoms with E-state index < -0.39 is 11.4 Å². The van der Waals surface area contributed by atoms with Gasteiger partial charge in [-0.3, -0.25) is 9.59 Å². The Morgan fingerprint density at radius 2 is 1.90 bits per heavy atom. The summed E-state index contributed by atoms with van der Waals surface area (Å²) in [5.41, 5.74) is -0.748. The van der Waals surface area contributed by atoms with E-state index in [2.05, 4.69) is 5.32 Å². The zero-order valence-corrected chi connectivity index (χ0v) is 12.0. The van der Waals surface area contributed by atoms with Crippen LogP contribution in [0, 0.1) is 5.41 Å². The zero-order valence-electron chi connectivity index (χ0n) is 12.0. The number of carboxylic acid groups (broad SMARTS) is 1. The number of hydrogen-bond donors (Lipinski definition) is 2. The lowest BCUT2D eigenvalue weighted by molar-refractivity contribution is -0.150. The number of carbonyl (C=O) groups excluding carboxylic acids is 2. The van der Waals surface area contributed by atoms with E-state index in [0.717, 1.165) is 0 Å². The Kier molecular flexibility index (Phi) is 5.79. The first kappa shape index (κ1) is 16.3. The summed E-state index contributed by atoms with van der Waals surface area (Å²) in [6.45, 7) is 4.80. The summed E-state index contributed by atoms with van der Waals surface area (Å²) >= 11 is 0. The van der Waals surface area contributed by atoms with E-state index in [1.807, 2.05) is 0 Å². The summed E-state index contributed by atoms with van der Waals surface area (Å²) in [4.78, 5) is 35.6. The SMILES string of the molecule is CCOC(=O)CCNC(=O)N1CCC(C)(C(=O)O)CC1. The standard InChI is InChI=1S/C13H22N2O5/c1-3-20-10(16)4-7-14-12(19)15-8-5-13(2,6-9-15)11(17)18/h3-9H2,1-2H3,(H,14,19)(H,17,18). The number of nitrogens with zero attached hydrogens (tertiary/aromatic N) is 1. The molecular formula is C13H22N2O5. The third-order valence-electron chi connectivity index (χ3n) is 3.58. The second-order valence-corrected chi connectivity index (χ2v) is 5.14. The summed E-state index contributed by atoms with van der Waals surface area (Å²) in [5.74, 6) is -1.16. The number of amides is 2. The fourth-order valence-corrected chi connectivity index (χ4v) is 2.03. The summed E-state index contributed by atoms with van der Waals surface area (Å²) in [5, 5.41) is 11.7. The molecule has 0 aromatic rings. The van der Waals surface area contributed by atoms with Crippen LogP contribution in [0.2, 0.25) is 0 Å². The maximum Gasteiger partial charge on any atom is 0.317 e.